The van der Waals surface area contributed by atoms with E-state index in [1.165, 1.54) is 10.9 Å². The fourth-order valence-electron chi connectivity index (χ4n) is 4.52. The van der Waals surface area contributed by atoms with E-state index in [2.05, 4.69) is 41.8 Å². The molecule has 0 spiro atoms. The molecule has 0 radical (unpaired) electrons. The lowest BCUT2D eigenvalue weighted by Gasteiger charge is -2.42. The van der Waals surface area contributed by atoms with E-state index in [-0.39, 0.29) is 11.5 Å². The maximum Gasteiger partial charge on any atom is 0.280 e. The molecule has 1 amide bonds. The number of rotatable bonds is 4. The third-order valence-electron chi connectivity index (χ3n) is 6.27. The van der Waals surface area contributed by atoms with Crippen molar-refractivity contribution in [3.8, 4) is 23.0 Å². The first kappa shape index (κ1) is 22.5. The minimum absolute atomic E-state index is 0.0444. The molecule has 1 fully saturated rings. The van der Waals surface area contributed by atoms with Crippen molar-refractivity contribution >= 4 is 5.91 Å². The number of aromatic amines is 1. The molecule has 1 saturated heterocycles. The average Bonchev–Trinajstić information content (AvgIpc) is 3.19. The lowest BCUT2D eigenvalue weighted by Crippen LogP contribution is -2.55. The molecule has 8 heteroatoms. The molecular formula is C25H28N6O2. The van der Waals surface area contributed by atoms with Crippen molar-refractivity contribution in [3.05, 3.63) is 69.8 Å². The summed E-state index contributed by atoms with van der Waals surface area (Å²) in [6.45, 7) is 10.6. The second-order valence-corrected chi connectivity index (χ2v) is 8.81. The maximum absolute atomic E-state index is 13.0. The van der Waals surface area contributed by atoms with Gasteiger partial charge in [0.25, 0.3) is 11.5 Å². The average molecular weight is 445 g/mol. The van der Waals surface area contributed by atoms with Crippen molar-refractivity contribution in [1.29, 1.82) is 5.26 Å². The number of nitriles is 1. The number of piperazine rings is 1. The van der Waals surface area contributed by atoms with E-state index in [1.807, 2.05) is 11.8 Å². The molecule has 8 nitrogen and oxygen atoms in total. The molecule has 0 aliphatic carbocycles. The van der Waals surface area contributed by atoms with Crippen LogP contribution in [0.5, 0.6) is 0 Å². The van der Waals surface area contributed by atoms with Gasteiger partial charge in [0.05, 0.1) is 22.8 Å². The first-order valence-corrected chi connectivity index (χ1v) is 11.1. The number of benzene rings is 1. The fraction of sp³-hybridized carbons (Fsp3) is 0.360. The zero-order valence-electron chi connectivity index (χ0n) is 19.4. The Morgan fingerprint density at radius 3 is 2.61 bits per heavy atom. The van der Waals surface area contributed by atoms with Crippen molar-refractivity contribution < 1.29 is 4.79 Å². The van der Waals surface area contributed by atoms with Crippen molar-refractivity contribution in [3.63, 3.8) is 0 Å². The second kappa shape index (κ2) is 9.04. The number of amides is 1. The van der Waals surface area contributed by atoms with Gasteiger partial charge in [-0.05, 0) is 63.1 Å². The maximum atomic E-state index is 13.0. The summed E-state index contributed by atoms with van der Waals surface area (Å²) < 4.78 is 1.35. The molecule has 1 atom stereocenters. The number of carbonyl (C=O) groups excluding carboxylic acids is 1. The Morgan fingerprint density at radius 1 is 1.21 bits per heavy atom. The highest BCUT2D eigenvalue weighted by molar-refractivity contribution is 5.94. The highest BCUT2D eigenvalue weighted by Gasteiger charge is 2.28. The topological polar surface area (TPSA) is 98.0 Å². The van der Waals surface area contributed by atoms with Crippen molar-refractivity contribution in [2.45, 2.75) is 39.8 Å². The van der Waals surface area contributed by atoms with Crippen LogP contribution in [-0.2, 0) is 0 Å². The van der Waals surface area contributed by atoms with E-state index in [9.17, 15) is 9.59 Å². The van der Waals surface area contributed by atoms with Gasteiger partial charge in [-0.15, -0.1) is 0 Å². The Bertz CT molecular complexity index is 1270. The number of nitrogens with one attached hydrogen (secondary N) is 1. The normalized spacial score (nSPS) is 16.7. The molecular weight excluding hydrogens is 416 g/mol. The largest absolute Gasteiger partial charge is 0.336 e. The minimum Gasteiger partial charge on any atom is -0.336 e. The zero-order chi connectivity index (χ0) is 23.7. The predicted octanol–water partition coefficient (Wildman–Crippen LogP) is 2.96. The summed E-state index contributed by atoms with van der Waals surface area (Å²) in [4.78, 5) is 34.6. The van der Waals surface area contributed by atoms with Crippen molar-refractivity contribution in [1.82, 2.24) is 24.6 Å². The first-order valence-electron chi connectivity index (χ1n) is 11.1. The van der Waals surface area contributed by atoms with Gasteiger partial charge in [-0.1, -0.05) is 6.07 Å². The third kappa shape index (κ3) is 4.32. The molecule has 1 N–H and O–H groups in total. The Labute approximate surface area is 193 Å². The van der Waals surface area contributed by atoms with E-state index in [4.69, 9.17) is 5.26 Å². The number of hydrogen-bond donors (Lipinski definition) is 1. The van der Waals surface area contributed by atoms with E-state index in [0.29, 0.717) is 47.7 Å². The monoisotopic (exact) mass is 444 g/mol. The molecule has 4 rings (SSSR count). The van der Waals surface area contributed by atoms with Gasteiger partial charge in [-0.2, -0.15) is 5.26 Å². The van der Waals surface area contributed by atoms with Crippen LogP contribution in [0.15, 0.2) is 47.5 Å². The van der Waals surface area contributed by atoms with E-state index >= 15 is 0 Å². The van der Waals surface area contributed by atoms with Gasteiger partial charge in [-0.25, -0.2) is 9.67 Å². The molecule has 170 valence electrons. The Balaban J connectivity index is 1.53. The molecule has 2 aromatic heterocycles. The summed E-state index contributed by atoms with van der Waals surface area (Å²) >= 11 is 0. The van der Waals surface area contributed by atoms with Crippen LogP contribution in [0, 0.1) is 18.3 Å². The number of nitrogens with zero attached hydrogens (tertiary/aromatic N) is 5. The van der Waals surface area contributed by atoms with Gasteiger partial charge < -0.3 is 4.90 Å². The summed E-state index contributed by atoms with van der Waals surface area (Å²) in [6, 6.07) is 11.5. The molecule has 1 aromatic carbocycles. The Morgan fingerprint density at radius 2 is 2.00 bits per heavy atom. The molecule has 0 saturated carbocycles. The number of H-pyrrole nitrogens is 1. The summed E-state index contributed by atoms with van der Waals surface area (Å²) in [5.41, 5.74) is 2.91. The van der Waals surface area contributed by atoms with Gasteiger partial charge in [-0.3, -0.25) is 19.6 Å². The van der Waals surface area contributed by atoms with Gasteiger partial charge in [0.15, 0.2) is 5.82 Å². The van der Waals surface area contributed by atoms with Crippen LogP contribution in [0.4, 0.5) is 0 Å². The smallest absolute Gasteiger partial charge is 0.280 e. The summed E-state index contributed by atoms with van der Waals surface area (Å²) in [5, 5.41) is 12.0. The van der Waals surface area contributed by atoms with Gasteiger partial charge in [0.1, 0.15) is 0 Å². The molecule has 0 bridgehead atoms. The van der Waals surface area contributed by atoms with Gasteiger partial charge in [0, 0.05) is 44.1 Å². The van der Waals surface area contributed by atoms with Crippen molar-refractivity contribution in [2.24, 2.45) is 0 Å². The molecule has 3 heterocycles. The van der Waals surface area contributed by atoms with E-state index < -0.39 is 0 Å². The highest BCUT2D eigenvalue weighted by Crippen LogP contribution is 2.22. The molecule has 33 heavy (non-hydrogen) atoms. The first-order chi connectivity index (χ1) is 15.8. The standard InChI is InChI=1S/C25H28N6O2/c1-16(2)30-10-9-29(15-18(30)4)24(32)20-6-8-23(27-13-20)31-25(33)22(14-28-31)21-7-5-19(12-26)11-17(21)3/h5-8,11,13-14,16,18,28H,9-10,15H2,1-4H3/t18-/m0/s1. The fourth-order valence-corrected chi connectivity index (χ4v) is 4.52. The van der Waals surface area contributed by atoms with Crippen molar-refractivity contribution in [2.75, 3.05) is 19.6 Å². The third-order valence-corrected chi connectivity index (χ3v) is 6.27. The van der Waals surface area contributed by atoms with Crippen LogP contribution in [-0.4, -0.2) is 62.2 Å². The van der Waals surface area contributed by atoms with Crippen LogP contribution >= 0.6 is 0 Å². The van der Waals surface area contributed by atoms with E-state index in [1.54, 1.807) is 36.5 Å². The predicted molar refractivity (Wildman–Crippen MR) is 126 cm³/mol. The van der Waals surface area contributed by atoms with Gasteiger partial charge >= 0.3 is 0 Å². The highest BCUT2D eigenvalue weighted by atomic mass is 16.2. The zero-order valence-corrected chi connectivity index (χ0v) is 19.4. The lowest BCUT2D eigenvalue weighted by atomic mass is 10.0. The van der Waals surface area contributed by atoms with Crippen LogP contribution in [0.25, 0.3) is 16.9 Å². The molecule has 0 unspecified atom stereocenters. The number of aromatic nitrogens is 3. The van der Waals surface area contributed by atoms with Gasteiger partial charge in [0.2, 0.25) is 0 Å². The second-order valence-electron chi connectivity index (χ2n) is 8.81. The number of hydrogen-bond acceptors (Lipinski definition) is 5. The Hall–Kier alpha value is -3.70. The van der Waals surface area contributed by atoms with Crippen LogP contribution in [0.3, 0.4) is 0 Å². The number of pyridine rings is 1. The van der Waals surface area contributed by atoms with Crippen LogP contribution < -0.4 is 5.56 Å². The van der Waals surface area contributed by atoms with E-state index in [0.717, 1.165) is 17.7 Å². The number of aryl methyl sites for hydroxylation is 1. The molecule has 1 aliphatic heterocycles. The number of carbonyl (C=O) groups is 1. The molecule has 3 aromatic rings. The van der Waals surface area contributed by atoms with Crippen LogP contribution in [0.2, 0.25) is 0 Å². The quantitative estimate of drug-likeness (QED) is 0.667. The van der Waals surface area contributed by atoms with Crippen LogP contribution in [0.1, 0.15) is 42.3 Å². The minimum atomic E-state index is -0.243. The summed E-state index contributed by atoms with van der Waals surface area (Å²) in [6.07, 6.45) is 3.16. The Kier molecular flexibility index (Phi) is 6.16. The lowest BCUT2D eigenvalue weighted by molar-refractivity contribution is 0.0426. The SMILES string of the molecule is Cc1cc(C#N)ccc1-c1c[nH]n(-c2ccc(C(=O)N3CCN(C(C)C)[C@@H](C)C3)cn2)c1=O. The summed E-state index contributed by atoms with van der Waals surface area (Å²) in [7, 11) is 0. The molecule has 1 aliphatic rings. The summed E-state index contributed by atoms with van der Waals surface area (Å²) in [5.74, 6) is 0.365.